The number of aryl methyl sites for hydroxylation is 1. The molecule has 1 aliphatic heterocycles. The Kier molecular flexibility index (Phi) is 4.82. The molecule has 1 aromatic heterocycles. The SMILES string of the molecule is Cc1ccc(-c2ccc(/C=C3\SC(=O)N(CC(=O)O)C3=O)o2)c(Br)c1. The predicted molar refractivity (Wildman–Crippen MR) is 96.9 cm³/mol. The molecule has 25 heavy (non-hydrogen) atoms. The first-order chi connectivity index (χ1) is 11.8. The van der Waals surface area contributed by atoms with E-state index < -0.39 is 23.7 Å². The van der Waals surface area contributed by atoms with Crippen LogP contribution < -0.4 is 0 Å². The monoisotopic (exact) mass is 421 g/mol. The number of furan rings is 1. The maximum atomic E-state index is 12.1. The lowest BCUT2D eigenvalue weighted by Gasteiger charge is -2.07. The van der Waals surface area contributed by atoms with E-state index >= 15 is 0 Å². The molecule has 128 valence electrons. The summed E-state index contributed by atoms with van der Waals surface area (Å²) in [6, 6.07) is 9.30. The van der Waals surface area contributed by atoms with Crippen molar-refractivity contribution < 1.29 is 23.9 Å². The third kappa shape index (κ3) is 3.69. The van der Waals surface area contributed by atoms with Crippen molar-refractivity contribution in [2.45, 2.75) is 6.92 Å². The molecule has 0 unspecified atom stereocenters. The zero-order valence-electron chi connectivity index (χ0n) is 13.0. The normalized spacial score (nSPS) is 16.1. The molecule has 1 saturated heterocycles. The summed E-state index contributed by atoms with van der Waals surface area (Å²) < 4.78 is 6.62. The molecule has 8 heteroatoms. The van der Waals surface area contributed by atoms with Gasteiger partial charge in [0.1, 0.15) is 18.1 Å². The molecule has 0 aliphatic carbocycles. The zero-order chi connectivity index (χ0) is 18.1. The number of halogens is 1. The fraction of sp³-hybridized carbons (Fsp3) is 0.118. The Morgan fingerprint density at radius 1 is 1.32 bits per heavy atom. The predicted octanol–water partition coefficient (Wildman–Crippen LogP) is 4.14. The highest BCUT2D eigenvalue weighted by molar-refractivity contribution is 9.10. The van der Waals surface area contributed by atoms with E-state index in [9.17, 15) is 14.4 Å². The van der Waals surface area contributed by atoms with Crippen LogP contribution in [0.2, 0.25) is 0 Å². The van der Waals surface area contributed by atoms with Gasteiger partial charge in [-0.05, 0) is 48.5 Å². The summed E-state index contributed by atoms with van der Waals surface area (Å²) in [7, 11) is 0. The molecule has 1 fully saturated rings. The second-order valence-electron chi connectivity index (χ2n) is 5.35. The van der Waals surface area contributed by atoms with Gasteiger partial charge in [-0.3, -0.25) is 19.3 Å². The fourth-order valence-corrected chi connectivity index (χ4v) is 3.80. The average molecular weight is 422 g/mol. The Balaban J connectivity index is 1.86. The smallest absolute Gasteiger partial charge is 0.323 e. The molecule has 0 atom stereocenters. The number of carboxylic acids is 1. The number of aliphatic carboxylic acids is 1. The first kappa shape index (κ1) is 17.5. The molecule has 0 bridgehead atoms. The van der Waals surface area contributed by atoms with Crippen LogP contribution in [0.15, 0.2) is 44.1 Å². The van der Waals surface area contributed by atoms with Gasteiger partial charge in [0.2, 0.25) is 0 Å². The van der Waals surface area contributed by atoms with Crippen molar-refractivity contribution >= 4 is 50.9 Å². The van der Waals surface area contributed by atoms with Gasteiger partial charge in [-0.25, -0.2) is 0 Å². The molecular weight excluding hydrogens is 410 g/mol. The highest BCUT2D eigenvalue weighted by Gasteiger charge is 2.36. The van der Waals surface area contributed by atoms with Crippen LogP contribution in [-0.4, -0.2) is 33.7 Å². The molecule has 2 heterocycles. The van der Waals surface area contributed by atoms with Crippen LogP contribution in [0.4, 0.5) is 4.79 Å². The van der Waals surface area contributed by atoms with Crippen molar-refractivity contribution in [1.82, 2.24) is 4.90 Å². The number of imide groups is 1. The van der Waals surface area contributed by atoms with Crippen molar-refractivity contribution in [3.8, 4) is 11.3 Å². The quantitative estimate of drug-likeness (QED) is 0.746. The minimum Gasteiger partial charge on any atom is -0.480 e. The second kappa shape index (κ2) is 6.89. The Bertz CT molecular complexity index is 918. The van der Waals surface area contributed by atoms with Crippen molar-refractivity contribution in [3.05, 3.63) is 51.0 Å². The Morgan fingerprint density at radius 2 is 2.08 bits per heavy atom. The molecule has 1 N–H and O–H groups in total. The maximum absolute atomic E-state index is 12.1. The highest BCUT2D eigenvalue weighted by atomic mass is 79.9. The molecule has 0 spiro atoms. The number of hydrogen-bond donors (Lipinski definition) is 1. The molecule has 0 saturated carbocycles. The number of benzene rings is 1. The molecule has 1 aliphatic rings. The van der Waals surface area contributed by atoms with Gasteiger partial charge in [0.15, 0.2) is 0 Å². The Hall–Kier alpha value is -2.32. The molecular formula is C17H12BrNO5S. The molecule has 2 aromatic rings. The van der Waals surface area contributed by atoms with Gasteiger partial charge in [0, 0.05) is 16.1 Å². The number of carboxylic acid groups (broad SMARTS) is 1. The zero-order valence-corrected chi connectivity index (χ0v) is 15.4. The van der Waals surface area contributed by atoms with E-state index in [1.165, 1.54) is 6.08 Å². The van der Waals surface area contributed by atoms with Crippen molar-refractivity contribution in [1.29, 1.82) is 0 Å². The third-order valence-corrected chi connectivity index (χ3v) is 5.02. The van der Waals surface area contributed by atoms with Crippen LogP contribution in [0.5, 0.6) is 0 Å². The van der Waals surface area contributed by atoms with E-state index in [1.54, 1.807) is 12.1 Å². The van der Waals surface area contributed by atoms with E-state index in [-0.39, 0.29) is 4.91 Å². The number of nitrogens with zero attached hydrogens (tertiary/aromatic N) is 1. The fourth-order valence-electron chi connectivity index (χ4n) is 2.30. The van der Waals surface area contributed by atoms with Gasteiger partial charge in [0.25, 0.3) is 11.1 Å². The lowest BCUT2D eigenvalue weighted by Crippen LogP contribution is -2.33. The van der Waals surface area contributed by atoms with Crippen LogP contribution in [0.1, 0.15) is 11.3 Å². The lowest BCUT2D eigenvalue weighted by atomic mass is 10.1. The molecule has 2 amide bonds. The molecule has 1 aromatic carbocycles. The van der Waals surface area contributed by atoms with Crippen molar-refractivity contribution in [3.63, 3.8) is 0 Å². The first-order valence-corrected chi connectivity index (χ1v) is 8.79. The largest absolute Gasteiger partial charge is 0.480 e. The Labute approximate surface area is 155 Å². The summed E-state index contributed by atoms with van der Waals surface area (Å²) in [6.45, 7) is 1.33. The Morgan fingerprint density at radius 3 is 2.76 bits per heavy atom. The number of hydrogen-bond acceptors (Lipinski definition) is 5. The third-order valence-electron chi connectivity index (χ3n) is 3.46. The minimum atomic E-state index is -1.24. The second-order valence-corrected chi connectivity index (χ2v) is 7.19. The van der Waals surface area contributed by atoms with E-state index in [4.69, 9.17) is 9.52 Å². The van der Waals surface area contributed by atoms with Crippen LogP contribution in [0.25, 0.3) is 17.4 Å². The number of thioether (sulfide) groups is 1. The van der Waals surface area contributed by atoms with Crippen LogP contribution in [0.3, 0.4) is 0 Å². The molecule has 0 radical (unpaired) electrons. The van der Waals surface area contributed by atoms with Gasteiger partial charge >= 0.3 is 5.97 Å². The van der Waals surface area contributed by atoms with E-state index in [1.807, 2.05) is 25.1 Å². The van der Waals surface area contributed by atoms with E-state index in [2.05, 4.69) is 15.9 Å². The average Bonchev–Trinajstić information content (AvgIpc) is 3.08. The van der Waals surface area contributed by atoms with Gasteiger partial charge in [-0.2, -0.15) is 0 Å². The number of amides is 2. The summed E-state index contributed by atoms with van der Waals surface area (Å²) in [5, 5.41) is 8.16. The highest BCUT2D eigenvalue weighted by Crippen LogP contribution is 2.34. The standard InChI is InChI=1S/C17H12BrNO5S/c1-9-2-4-11(12(18)6-9)13-5-3-10(24-13)7-14-16(22)19(8-15(20)21)17(23)25-14/h2-7H,8H2,1H3,(H,20,21)/b14-7-. The van der Waals surface area contributed by atoms with Crippen molar-refractivity contribution in [2.24, 2.45) is 0 Å². The topological polar surface area (TPSA) is 87.8 Å². The van der Waals surface area contributed by atoms with E-state index in [0.717, 1.165) is 15.6 Å². The van der Waals surface area contributed by atoms with Gasteiger partial charge < -0.3 is 9.52 Å². The van der Waals surface area contributed by atoms with E-state index in [0.29, 0.717) is 28.2 Å². The minimum absolute atomic E-state index is 0.134. The van der Waals surface area contributed by atoms with Crippen LogP contribution >= 0.6 is 27.7 Å². The van der Waals surface area contributed by atoms with Crippen LogP contribution in [-0.2, 0) is 9.59 Å². The number of carbonyl (C=O) groups is 3. The van der Waals surface area contributed by atoms with Gasteiger partial charge in [-0.15, -0.1) is 0 Å². The number of carbonyl (C=O) groups excluding carboxylic acids is 2. The van der Waals surface area contributed by atoms with Gasteiger partial charge in [0.05, 0.1) is 4.91 Å². The summed E-state index contributed by atoms with van der Waals surface area (Å²) >= 11 is 4.18. The molecule has 6 nitrogen and oxygen atoms in total. The summed E-state index contributed by atoms with van der Waals surface area (Å²) in [5.74, 6) is -0.855. The summed E-state index contributed by atoms with van der Waals surface area (Å²) in [4.78, 5) is 35.4. The lowest BCUT2D eigenvalue weighted by molar-refractivity contribution is -0.140. The number of rotatable bonds is 4. The molecule has 3 rings (SSSR count). The first-order valence-electron chi connectivity index (χ1n) is 7.18. The van der Waals surface area contributed by atoms with Gasteiger partial charge in [-0.1, -0.05) is 22.0 Å². The van der Waals surface area contributed by atoms with Crippen molar-refractivity contribution in [2.75, 3.05) is 6.54 Å². The summed E-state index contributed by atoms with van der Waals surface area (Å²) in [6.07, 6.45) is 1.44. The van der Waals surface area contributed by atoms with Crippen LogP contribution in [0, 0.1) is 6.92 Å². The maximum Gasteiger partial charge on any atom is 0.323 e. The summed E-state index contributed by atoms with van der Waals surface area (Å²) in [5.41, 5.74) is 1.97.